The molecule has 3 heterocycles. The number of nitrogens with one attached hydrogen (secondary N) is 2. The van der Waals surface area contributed by atoms with Gasteiger partial charge in [0.15, 0.2) is 0 Å². The van der Waals surface area contributed by atoms with Gasteiger partial charge >= 0.3 is 12.0 Å². The zero-order chi connectivity index (χ0) is 23.2. The summed E-state index contributed by atoms with van der Waals surface area (Å²) >= 11 is 0. The van der Waals surface area contributed by atoms with Crippen molar-refractivity contribution < 1.29 is 23.5 Å². The van der Waals surface area contributed by atoms with Crippen molar-refractivity contribution in [3.8, 4) is 5.75 Å². The predicted molar refractivity (Wildman–Crippen MR) is 123 cm³/mol. The fourth-order valence-corrected chi connectivity index (χ4v) is 4.63. The van der Waals surface area contributed by atoms with Gasteiger partial charge in [0.2, 0.25) is 0 Å². The Morgan fingerprint density at radius 1 is 1.18 bits per heavy atom. The molecule has 1 aromatic carbocycles. The van der Waals surface area contributed by atoms with Crippen LogP contribution in [0.1, 0.15) is 56.0 Å². The first-order valence-corrected chi connectivity index (χ1v) is 11.5. The second-order valence-electron chi connectivity index (χ2n) is 8.27. The van der Waals surface area contributed by atoms with E-state index in [1.807, 2.05) is 12.1 Å². The van der Waals surface area contributed by atoms with Crippen LogP contribution in [0, 0.1) is 0 Å². The summed E-state index contributed by atoms with van der Waals surface area (Å²) < 4.78 is 16.2. The van der Waals surface area contributed by atoms with Crippen molar-refractivity contribution in [2.75, 3.05) is 26.8 Å². The van der Waals surface area contributed by atoms with Gasteiger partial charge in [-0.05, 0) is 56.1 Å². The first kappa shape index (κ1) is 22.9. The van der Waals surface area contributed by atoms with Crippen molar-refractivity contribution in [1.82, 2.24) is 15.5 Å². The minimum absolute atomic E-state index is 0.170. The van der Waals surface area contributed by atoms with Crippen LogP contribution in [0.15, 0.2) is 58.3 Å². The van der Waals surface area contributed by atoms with Crippen molar-refractivity contribution in [1.29, 1.82) is 0 Å². The van der Waals surface area contributed by atoms with Crippen LogP contribution in [-0.2, 0) is 9.53 Å². The molecule has 4 rings (SSSR count). The van der Waals surface area contributed by atoms with Crippen LogP contribution in [0.3, 0.4) is 0 Å². The molecule has 2 aliphatic rings. The fraction of sp³-hybridized carbons (Fsp3) is 0.440. The van der Waals surface area contributed by atoms with E-state index in [2.05, 4.69) is 27.7 Å². The number of hydrogen-bond donors (Lipinski definition) is 2. The van der Waals surface area contributed by atoms with E-state index in [1.54, 1.807) is 26.2 Å². The number of urea groups is 1. The summed E-state index contributed by atoms with van der Waals surface area (Å²) in [6.45, 7) is 3.30. The van der Waals surface area contributed by atoms with E-state index in [1.165, 1.54) is 11.8 Å². The third-order valence-corrected chi connectivity index (χ3v) is 6.20. The lowest BCUT2D eigenvalue weighted by Crippen LogP contribution is -2.48. The maximum atomic E-state index is 13.0. The summed E-state index contributed by atoms with van der Waals surface area (Å²) in [5.41, 5.74) is 2.13. The summed E-state index contributed by atoms with van der Waals surface area (Å²) in [4.78, 5) is 27.9. The predicted octanol–water partition coefficient (Wildman–Crippen LogP) is 4.08. The summed E-state index contributed by atoms with van der Waals surface area (Å²) in [6, 6.07) is 10.7. The van der Waals surface area contributed by atoms with Gasteiger partial charge < -0.3 is 24.5 Å². The lowest BCUT2D eigenvalue weighted by Gasteiger charge is -2.34. The highest BCUT2D eigenvalue weighted by Crippen LogP contribution is 2.34. The zero-order valence-corrected chi connectivity index (χ0v) is 19.1. The largest absolute Gasteiger partial charge is 0.497 e. The Morgan fingerprint density at radius 2 is 2.00 bits per heavy atom. The van der Waals surface area contributed by atoms with E-state index in [4.69, 9.17) is 13.9 Å². The highest BCUT2D eigenvalue weighted by molar-refractivity contribution is 5.95. The van der Waals surface area contributed by atoms with Crippen LogP contribution in [0.5, 0.6) is 5.75 Å². The van der Waals surface area contributed by atoms with Crippen molar-refractivity contribution in [3.05, 3.63) is 65.3 Å². The molecule has 8 heteroatoms. The first-order chi connectivity index (χ1) is 16.1. The number of benzene rings is 1. The van der Waals surface area contributed by atoms with Gasteiger partial charge in [-0.2, -0.15) is 0 Å². The van der Waals surface area contributed by atoms with E-state index >= 15 is 0 Å². The summed E-state index contributed by atoms with van der Waals surface area (Å²) in [6.07, 6.45) is 5.86. The number of rotatable bonds is 7. The molecule has 0 bridgehead atoms. The molecule has 0 radical (unpaired) electrons. The number of amides is 2. The molecule has 2 aliphatic heterocycles. The SMILES string of the molecule is CCOC(=O)C1=C(CN2CCCCC[C@H]2c2ccc(OC)cc2)NC(=O)N[C@H]1c1ccco1. The van der Waals surface area contributed by atoms with E-state index in [0.29, 0.717) is 23.6 Å². The average Bonchev–Trinajstić information content (AvgIpc) is 3.26. The quantitative estimate of drug-likeness (QED) is 0.614. The number of nitrogens with zero attached hydrogens (tertiary/aromatic N) is 1. The Hall–Kier alpha value is -3.26. The minimum Gasteiger partial charge on any atom is -0.497 e. The number of carbonyl (C=O) groups is 2. The molecule has 2 atom stereocenters. The molecule has 2 amide bonds. The maximum Gasteiger partial charge on any atom is 0.338 e. The molecule has 1 saturated heterocycles. The molecule has 0 saturated carbocycles. The Morgan fingerprint density at radius 3 is 2.70 bits per heavy atom. The van der Waals surface area contributed by atoms with Gasteiger partial charge in [0.1, 0.15) is 17.6 Å². The second-order valence-corrected chi connectivity index (χ2v) is 8.27. The minimum atomic E-state index is -0.700. The first-order valence-electron chi connectivity index (χ1n) is 11.5. The standard InChI is InChI=1S/C25H31N3O5/c1-3-32-24(29)22-19(26-25(30)27-23(22)21-9-7-15-33-21)16-28-14-6-4-5-8-20(28)17-10-12-18(31-2)13-11-17/h7,9-13,15,20,23H,3-6,8,14,16H2,1-2H3,(H2,26,27,30)/t20-,23-/m0/s1. The van der Waals surface area contributed by atoms with Gasteiger partial charge in [0.05, 0.1) is 25.6 Å². The molecule has 2 N–H and O–H groups in total. The smallest absolute Gasteiger partial charge is 0.338 e. The van der Waals surface area contributed by atoms with Crippen LogP contribution in [-0.4, -0.2) is 43.7 Å². The van der Waals surface area contributed by atoms with E-state index in [-0.39, 0.29) is 18.7 Å². The summed E-state index contributed by atoms with van der Waals surface area (Å²) in [5.74, 6) is 0.850. The number of esters is 1. The molecule has 1 fully saturated rings. The van der Waals surface area contributed by atoms with Crippen LogP contribution in [0.4, 0.5) is 4.79 Å². The highest BCUT2D eigenvalue weighted by atomic mass is 16.5. The van der Waals surface area contributed by atoms with Gasteiger partial charge in [0, 0.05) is 18.3 Å². The Kier molecular flexibility index (Phi) is 7.34. The van der Waals surface area contributed by atoms with Crippen LogP contribution in [0.2, 0.25) is 0 Å². The van der Waals surface area contributed by atoms with E-state index < -0.39 is 12.0 Å². The Labute approximate surface area is 193 Å². The number of methoxy groups -OCH3 is 1. The summed E-state index contributed by atoms with van der Waals surface area (Å²) in [5, 5.41) is 5.69. The molecule has 2 aromatic rings. The van der Waals surface area contributed by atoms with Crippen LogP contribution >= 0.6 is 0 Å². The van der Waals surface area contributed by atoms with Crippen molar-refractivity contribution in [3.63, 3.8) is 0 Å². The maximum absolute atomic E-state index is 13.0. The third kappa shape index (κ3) is 5.22. The summed E-state index contributed by atoms with van der Waals surface area (Å²) in [7, 11) is 1.66. The second kappa shape index (κ2) is 10.6. The highest BCUT2D eigenvalue weighted by Gasteiger charge is 2.36. The number of ether oxygens (including phenoxy) is 2. The monoisotopic (exact) mass is 453 g/mol. The molecule has 8 nitrogen and oxygen atoms in total. The van der Waals surface area contributed by atoms with Crippen LogP contribution in [0.25, 0.3) is 0 Å². The molecule has 0 aliphatic carbocycles. The number of carbonyl (C=O) groups excluding carboxylic acids is 2. The molecule has 33 heavy (non-hydrogen) atoms. The normalized spacial score (nSPS) is 21.7. The zero-order valence-electron chi connectivity index (χ0n) is 19.1. The van der Waals surface area contributed by atoms with Gasteiger partial charge in [-0.3, -0.25) is 4.90 Å². The average molecular weight is 454 g/mol. The number of furan rings is 1. The molecule has 0 unspecified atom stereocenters. The van der Waals surface area contributed by atoms with Crippen molar-refractivity contribution >= 4 is 12.0 Å². The Balaban J connectivity index is 1.69. The van der Waals surface area contributed by atoms with Gasteiger partial charge in [-0.1, -0.05) is 25.0 Å². The third-order valence-electron chi connectivity index (χ3n) is 6.20. The van der Waals surface area contributed by atoms with Crippen molar-refractivity contribution in [2.45, 2.75) is 44.7 Å². The molecule has 176 valence electrons. The van der Waals surface area contributed by atoms with Crippen molar-refractivity contribution in [2.24, 2.45) is 0 Å². The molecular weight excluding hydrogens is 422 g/mol. The van der Waals surface area contributed by atoms with Gasteiger partial charge in [0.25, 0.3) is 0 Å². The van der Waals surface area contributed by atoms with E-state index in [9.17, 15) is 9.59 Å². The molecule has 1 aromatic heterocycles. The molecule has 0 spiro atoms. The molecular formula is C25H31N3O5. The lowest BCUT2D eigenvalue weighted by molar-refractivity contribution is -0.139. The Bertz CT molecular complexity index is 984. The fourth-order valence-electron chi connectivity index (χ4n) is 4.63. The van der Waals surface area contributed by atoms with E-state index in [0.717, 1.165) is 38.0 Å². The van der Waals surface area contributed by atoms with Gasteiger partial charge in [-0.25, -0.2) is 9.59 Å². The number of hydrogen-bond acceptors (Lipinski definition) is 6. The van der Waals surface area contributed by atoms with Crippen LogP contribution < -0.4 is 15.4 Å². The number of likely N-dealkylation sites (tertiary alicyclic amines) is 1. The lowest BCUT2D eigenvalue weighted by atomic mass is 9.97. The topological polar surface area (TPSA) is 93.0 Å². The van der Waals surface area contributed by atoms with Gasteiger partial charge in [-0.15, -0.1) is 0 Å².